The number of hydrogen-bond acceptors (Lipinski definition) is 5. The molecule has 0 unspecified atom stereocenters. The molecule has 2 N–H and O–H groups in total. The fraction of sp³-hybridized carbons (Fsp3) is 0.250. The molecule has 1 rings (SSSR count). The highest BCUT2D eigenvalue weighted by molar-refractivity contribution is 5.18. The highest BCUT2D eigenvalue weighted by atomic mass is 16.3. The van der Waals surface area contributed by atoms with Crippen molar-refractivity contribution in [1.29, 1.82) is 0 Å². The van der Waals surface area contributed by atoms with E-state index in [1.165, 1.54) is 12.7 Å². The molecule has 0 saturated heterocycles. The van der Waals surface area contributed by atoms with Crippen molar-refractivity contribution >= 4 is 5.95 Å². The second kappa shape index (κ2) is 2.93. The van der Waals surface area contributed by atoms with E-state index in [2.05, 4.69) is 20.3 Å². The van der Waals surface area contributed by atoms with Crippen LogP contribution in [0.2, 0.25) is 0 Å². The van der Waals surface area contributed by atoms with Gasteiger partial charge in [0.05, 0.1) is 0 Å². The van der Waals surface area contributed by atoms with Crippen LogP contribution in [0.3, 0.4) is 0 Å². The van der Waals surface area contributed by atoms with Crippen LogP contribution >= 0.6 is 0 Å². The lowest BCUT2D eigenvalue weighted by Crippen LogP contribution is -2.03. The van der Waals surface area contributed by atoms with Crippen molar-refractivity contribution in [3.8, 4) is 0 Å². The van der Waals surface area contributed by atoms with Crippen molar-refractivity contribution in [2.24, 2.45) is 0 Å². The molecule has 0 radical (unpaired) electrons. The molecule has 0 aromatic carbocycles. The summed E-state index contributed by atoms with van der Waals surface area (Å²) in [4.78, 5) is 10.9. The van der Waals surface area contributed by atoms with Crippen molar-refractivity contribution < 1.29 is 5.11 Å². The lowest BCUT2D eigenvalue weighted by atomic mass is 10.9. The zero-order chi connectivity index (χ0) is 6.53. The minimum Gasteiger partial charge on any atom is -0.376 e. The molecule has 0 atom stereocenters. The summed E-state index contributed by atoms with van der Waals surface area (Å²) in [5.74, 6) is 0.382. The summed E-state index contributed by atoms with van der Waals surface area (Å²) in [6.07, 6.45) is 2.70. The fourth-order valence-electron chi connectivity index (χ4n) is 0.401. The second-order valence-electron chi connectivity index (χ2n) is 1.30. The zero-order valence-corrected chi connectivity index (χ0v) is 4.65. The zero-order valence-electron chi connectivity index (χ0n) is 4.65. The van der Waals surface area contributed by atoms with Crippen molar-refractivity contribution in [3.63, 3.8) is 0 Å². The van der Waals surface area contributed by atoms with Crippen LogP contribution in [0.5, 0.6) is 0 Å². The van der Waals surface area contributed by atoms with E-state index in [-0.39, 0.29) is 6.73 Å². The SMILES string of the molecule is OCNc1ncncn1. The van der Waals surface area contributed by atoms with E-state index < -0.39 is 0 Å². The van der Waals surface area contributed by atoms with E-state index in [1.807, 2.05) is 0 Å². The third-order valence-corrected chi connectivity index (χ3v) is 0.731. The average molecular weight is 126 g/mol. The second-order valence-corrected chi connectivity index (χ2v) is 1.30. The number of aliphatic hydroxyl groups excluding tert-OH is 1. The predicted octanol–water partition coefficient (Wildman–Crippen LogP) is -0.767. The summed E-state index contributed by atoms with van der Waals surface area (Å²) in [5.41, 5.74) is 0. The normalized spacial score (nSPS) is 9.00. The predicted molar refractivity (Wildman–Crippen MR) is 30.5 cm³/mol. The van der Waals surface area contributed by atoms with Crippen LogP contribution < -0.4 is 5.32 Å². The van der Waals surface area contributed by atoms with Gasteiger partial charge in [0.2, 0.25) is 5.95 Å². The largest absolute Gasteiger partial charge is 0.376 e. The van der Waals surface area contributed by atoms with Crippen molar-refractivity contribution in [2.75, 3.05) is 12.0 Å². The maximum Gasteiger partial charge on any atom is 0.227 e. The Bertz CT molecular complexity index is 165. The van der Waals surface area contributed by atoms with E-state index in [1.54, 1.807) is 0 Å². The van der Waals surface area contributed by atoms with Crippen LogP contribution in [-0.4, -0.2) is 26.8 Å². The van der Waals surface area contributed by atoms with Crippen LogP contribution in [-0.2, 0) is 0 Å². The van der Waals surface area contributed by atoms with Gasteiger partial charge in [0.25, 0.3) is 0 Å². The molecule has 0 bridgehead atoms. The molecule has 5 heteroatoms. The van der Waals surface area contributed by atoms with E-state index in [4.69, 9.17) is 5.11 Å². The number of hydrogen-bond donors (Lipinski definition) is 2. The van der Waals surface area contributed by atoms with Crippen LogP contribution in [0.15, 0.2) is 12.7 Å². The van der Waals surface area contributed by atoms with Gasteiger partial charge in [-0.3, -0.25) is 0 Å². The summed E-state index contributed by atoms with van der Waals surface area (Å²) in [7, 11) is 0. The van der Waals surface area contributed by atoms with Gasteiger partial charge in [-0.15, -0.1) is 0 Å². The summed E-state index contributed by atoms with van der Waals surface area (Å²) >= 11 is 0. The topological polar surface area (TPSA) is 70.9 Å². The van der Waals surface area contributed by atoms with Gasteiger partial charge in [-0.05, 0) is 0 Å². The summed E-state index contributed by atoms with van der Waals surface area (Å²) in [6, 6.07) is 0. The molecule has 0 aliphatic carbocycles. The molecule has 1 aromatic rings. The molecule has 0 aliphatic heterocycles. The number of anilines is 1. The number of aromatic nitrogens is 3. The molecule has 1 heterocycles. The number of nitrogens with zero attached hydrogens (tertiary/aromatic N) is 3. The summed E-state index contributed by atoms with van der Waals surface area (Å²) in [6.45, 7) is -0.163. The van der Waals surface area contributed by atoms with Crippen molar-refractivity contribution in [2.45, 2.75) is 0 Å². The molecule has 0 amide bonds. The molecule has 0 saturated carbocycles. The Hall–Kier alpha value is -1.23. The van der Waals surface area contributed by atoms with E-state index in [0.717, 1.165) is 0 Å². The minimum absolute atomic E-state index is 0.163. The highest BCUT2D eigenvalue weighted by Gasteiger charge is 1.86. The summed E-state index contributed by atoms with van der Waals surface area (Å²) < 4.78 is 0. The van der Waals surface area contributed by atoms with Crippen LogP contribution in [0.4, 0.5) is 5.95 Å². The molecule has 0 aliphatic rings. The molecule has 9 heavy (non-hydrogen) atoms. The lowest BCUT2D eigenvalue weighted by molar-refractivity contribution is 0.324. The van der Waals surface area contributed by atoms with Gasteiger partial charge < -0.3 is 10.4 Å². The minimum atomic E-state index is -0.163. The molecular formula is C4H6N4O. The van der Waals surface area contributed by atoms with Crippen LogP contribution in [0.25, 0.3) is 0 Å². The molecular weight excluding hydrogens is 120 g/mol. The first-order valence-corrected chi connectivity index (χ1v) is 2.40. The third-order valence-electron chi connectivity index (χ3n) is 0.731. The Morgan fingerprint density at radius 3 is 2.67 bits per heavy atom. The molecule has 1 aromatic heterocycles. The fourth-order valence-corrected chi connectivity index (χ4v) is 0.401. The quantitative estimate of drug-likeness (QED) is 0.509. The maximum atomic E-state index is 8.31. The van der Waals surface area contributed by atoms with Gasteiger partial charge in [-0.25, -0.2) is 15.0 Å². The van der Waals surface area contributed by atoms with Gasteiger partial charge in [0.1, 0.15) is 19.4 Å². The third kappa shape index (κ3) is 1.61. The van der Waals surface area contributed by atoms with Gasteiger partial charge >= 0.3 is 0 Å². The standard InChI is InChI=1S/C4H6N4O/c9-3-8-4-6-1-5-2-7-4/h1-2,9H,3H2,(H,5,6,7,8). The Morgan fingerprint density at radius 2 is 2.11 bits per heavy atom. The Balaban J connectivity index is 2.61. The Kier molecular flexibility index (Phi) is 1.92. The monoisotopic (exact) mass is 126 g/mol. The van der Waals surface area contributed by atoms with Crippen LogP contribution in [0, 0.1) is 0 Å². The number of rotatable bonds is 2. The maximum absolute atomic E-state index is 8.31. The Labute approximate surface area is 51.8 Å². The number of aliphatic hydroxyl groups is 1. The van der Waals surface area contributed by atoms with Gasteiger partial charge in [-0.1, -0.05) is 0 Å². The van der Waals surface area contributed by atoms with Crippen molar-refractivity contribution in [3.05, 3.63) is 12.7 Å². The first kappa shape index (κ1) is 5.90. The highest BCUT2D eigenvalue weighted by Crippen LogP contribution is 1.87. The van der Waals surface area contributed by atoms with E-state index >= 15 is 0 Å². The van der Waals surface area contributed by atoms with Gasteiger partial charge in [0.15, 0.2) is 0 Å². The van der Waals surface area contributed by atoms with Gasteiger partial charge in [0, 0.05) is 0 Å². The first-order chi connectivity index (χ1) is 4.43. The van der Waals surface area contributed by atoms with Gasteiger partial charge in [-0.2, -0.15) is 0 Å². The van der Waals surface area contributed by atoms with Crippen molar-refractivity contribution in [1.82, 2.24) is 15.0 Å². The number of nitrogens with one attached hydrogen (secondary N) is 1. The molecule has 0 fully saturated rings. The first-order valence-electron chi connectivity index (χ1n) is 2.40. The molecule has 48 valence electrons. The lowest BCUT2D eigenvalue weighted by Gasteiger charge is -1.95. The molecule has 5 nitrogen and oxygen atoms in total. The van der Waals surface area contributed by atoms with Crippen LogP contribution in [0.1, 0.15) is 0 Å². The summed E-state index contributed by atoms with van der Waals surface area (Å²) in [5, 5.41) is 10.8. The smallest absolute Gasteiger partial charge is 0.227 e. The Morgan fingerprint density at radius 1 is 1.44 bits per heavy atom. The average Bonchev–Trinajstić information content (AvgIpc) is 1.91. The van der Waals surface area contributed by atoms with E-state index in [0.29, 0.717) is 5.95 Å². The van der Waals surface area contributed by atoms with E-state index in [9.17, 15) is 0 Å². The molecule has 0 spiro atoms.